The lowest BCUT2D eigenvalue weighted by atomic mass is 9.72. The summed E-state index contributed by atoms with van der Waals surface area (Å²) in [6.07, 6.45) is 5.90. The third kappa shape index (κ3) is 5.07. The van der Waals surface area contributed by atoms with Crippen molar-refractivity contribution in [3.05, 3.63) is 78.0 Å². The van der Waals surface area contributed by atoms with Crippen molar-refractivity contribution in [2.45, 2.75) is 44.9 Å². The third-order valence-electron chi connectivity index (χ3n) is 7.07. The fourth-order valence-corrected chi connectivity index (χ4v) is 5.49. The average Bonchev–Trinajstić information content (AvgIpc) is 2.86. The summed E-state index contributed by atoms with van der Waals surface area (Å²) in [7, 11) is -0.833. The predicted molar refractivity (Wildman–Crippen MR) is 127 cm³/mol. The lowest BCUT2D eigenvalue weighted by Crippen LogP contribution is -2.55. The van der Waals surface area contributed by atoms with Gasteiger partial charge in [0.2, 0.25) is 0 Å². The number of hydrogen-bond donors (Lipinski definition) is 1. The van der Waals surface area contributed by atoms with E-state index in [9.17, 15) is 0 Å². The first-order valence-corrected chi connectivity index (χ1v) is 12.2. The number of nitrogens with zero attached hydrogens (tertiary/aromatic N) is 2. The van der Waals surface area contributed by atoms with Gasteiger partial charge < -0.3 is 9.63 Å². The number of aromatic nitrogens is 1. The summed E-state index contributed by atoms with van der Waals surface area (Å²) in [6, 6.07) is 21.7. The monoisotopic (exact) mass is 450 g/mol. The summed E-state index contributed by atoms with van der Waals surface area (Å²) in [5.74, 6) is 1.69. The van der Waals surface area contributed by atoms with E-state index in [1.165, 1.54) is 48.9 Å². The highest BCUT2D eigenvalue weighted by atomic mass is 31.1. The van der Waals surface area contributed by atoms with E-state index in [2.05, 4.69) is 77.5 Å². The molecule has 5 nitrogen and oxygen atoms in total. The van der Waals surface area contributed by atoms with Gasteiger partial charge in [0.05, 0.1) is 18.2 Å². The molecule has 0 radical (unpaired) electrons. The summed E-state index contributed by atoms with van der Waals surface area (Å²) >= 11 is 0. The number of ether oxygens (including phenoxy) is 1. The molecule has 4 unspecified atom stereocenters. The minimum Gasteiger partial charge on any atom is -0.367 e. The van der Waals surface area contributed by atoms with Crippen molar-refractivity contribution < 1.29 is 14.2 Å². The normalized spacial score (nSPS) is 25.3. The number of fused-ring (bicyclic) bond motifs is 4. The molecule has 4 heterocycles. The van der Waals surface area contributed by atoms with Gasteiger partial charge in [0.1, 0.15) is 0 Å². The summed E-state index contributed by atoms with van der Waals surface area (Å²) in [5.41, 5.74) is 3.58. The van der Waals surface area contributed by atoms with Gasteiger partial charge in [0.25, 0.3) is 0 Å². The number of para-hydroxylation sites is 1. The van der Waals surface area contributed by atoms with Crippen LogP contribution in [-0.2, 0) is 15.9 Å². The van der Waals surface area contributed by atoms with Gasteiger partial charge in [-0.25, -0.2) is 4.57 Å². The van der Waals surface area contributed by atoms with Gasteiger partial charge in [0.15, 0.2) is 0 Å². The second-order valence-electron chi connectivity index (χ2n) is 8.73. The molecule has 0 aliphatic carbocycles. The lowest BCUT2D eigenvalue weighted by molar-refractivity contribution is -0.0879. The molecule has 6 heteroatoms. The average molecular weight is 451 g/mol. The maximum absolute atomic E-state index is 8.46. The molecule has 3 aliphatic heterocycles. The van der Waals surface area contributed by atoms with Crippen molar-refractivity contribution in [1.29, 1.82) is 0 Å². The molecular weight excluding hydrogens is 419 g/mol. The zero-order chi connectivity index (χ0) is 22.3. The molecule has 168 valence electrons. The number of benzene rings is 2. The van der Waals surface area contributed by atoms with Gasteiger partial charge in [-0.1, -0.05) is 61.9 Å². The second kappa shape index (κ2) is 11.1. The standard InChI is InChI=1S/C26H30N2O.HO2P/c1-2-20-17-28-15-13-21(20)16-25(28)26(29-18-19-8-4-3-5-9-19)23-12-14-27-24-11-7-6-10-22(23)24;1-3-2/h3-12,14,20-21,25-26H,2,13,15-18H2,1H3;(H,1,2)/t20?,21?,25?,26-;/m1./s1. The quantitative estimate of drug-likeness (QED) is 0.481. The zero-order valence-corrected chi connectivity index (χ0v) is 19.4. The van der Waals surface area contributed by atoms with E-state index in [0.717, 1.165) is 17.4 Å². The van der Waals surface area contributed by atoms with Gasteiger partial charge in [-0.05, 0) is 54.5 Å². The highest BCUT2D eigenvalue weighted by molar-refractivity contribution is 7.16. The van der Waals surface area contributed by atoms with Crippen LogP contribution >= 0.6 is 8.69 Å². The molecule has 0 spiro atoms. The number of rotatable bonds is 6. The SMILES string of the molecule is CCC1CN2CCC1CC2[C@H](OCc1ccccc1)c1ccnc2ccccc12.O=PO. The molecule has 6 rings (SSSR count). The highest BCUT2D eigenvalue weighted by Gasteiger charge is 2.43. The van der Waals surface area contributed by atoms with Gasteiger partial charge in [-0.2, -0.15) is 0 Å². The summed E-state index contributed by atoms with van der Waals surface area (Å²) in [6.45, 7) is 5.43. The largest absolute Gasteiger partial charge is 0.367 e. The molecule has 2 bridgehead atoms. The summed E-state index contributed by atoms with van der Waals surface area (Å²) < 4.78 is 15.2. The van der Waals surface area contributed by atoms with Crippen LogP contribution in [-0.4, -0.2) is 33.9 Å². The van der Waals surface area contributed by atoms with Gasteiger partial charge >= 0.3 is 8.69 Å². The van der Waals surface area contributed by atoms with Crippen LogP contribution < -0.4 is 0 Å². The maximum Gasteiger partial charge on any atom is 0.324 e. The second-order valence-corrected chi connectivity index (χ2v) is 8.89. The molecule has 32 heavy (non-hydrogen) atoms. The molecule has 1 aromatic heterocycles. The van der Waals surface area contributed by atoms with Crippen LogP contribution in [0.1, 0.15) is 43.4 Å². The molecule has 3 aromatic rings. The van der Waals surface area contributed by atoms with E-state index in [-0.39, 0.29) is 6.10 Å². The molecule has 0 saturated carbocycles. The van der Waals surface area contributed by atoms with Crippen molar-refractivity contribution >= 4 is 19.6 Å². The van der Waals surface area contributed by atoms with Crippen molar-refractivity contribution in [2.24, 2.45) is 11.8 Å². The minimum atomic E-state index is -0.833. The molecule has 3 saturated heterocycles. The van der Waals surface area contributed by atoms with Gasteiger partial charge in [-0.3, -0.25) is 9.88 Å². The molecule has 2 aromatic carbocycles. The smallest absolute Gasteiger partial charge is 0.324 e. The van der Waals surface area contributed by atoms with Crippen molar-refractivity contribution in [3.63, 3.8) is 0 Å². The molecule has 3 fully saturated rings. The van der Waals surface area contributed by atoms with E-state index in [4.69, 9.17) is 14.2 Å². The molecular formula is C26H31N2O3P. The topological polar surface area (TPSA) is 62.7 Å². The Balaban J connectivity index is 0.000000775. The van der Waals surface area contributed by atoms with Crippen molar-refractivity contribution in [3.8, 4) is 0 Å². The molecule has 1 N–H and O–H groups in total. The number of pyridine rings is 1. The van der Waals surface area contributed by atoms with E-state index in [0.29, 0.717) is 12.6 Å². The van der Waals surface area contributed by atoms with Crippen LogP contribution in [0.3, 0.4) is 0 Å². The highest BCUT2D eigenvalue weighted by Crippen LogP contribution is 2.44. The van der Waals surface area contributed by atoms with E-state index in [1.807, 2.05) is 6.20 Å². The number of piperidine rings is 3. The zero-order valence-electron chi connectivity index (χ0n) is 18.5. The molecule has 0 amide bonds. The van der Waals surface area contributed by atoms with Crippen LogP contribution in [0.2, 0.25) is 0 Å². The third-order valence-corrected chi connectivity index (χ3v) is 7.07. The fourth-order valence-electron chi connectivity index (χ4n) is 5.49. The lowest BCUT2D eigenvalue weighted by Gasteiger charge is -2.52. The Bertz CT molecular complexity index is 1010. The summed E-state index contributed by atoms with van der Waals surface area (Å²) in [5, 5.41) is 1.22. The number of hydrogen-bond acceptors (Lipinski definition) is 4. The first-order valence-electron chi connectivity index (χ1n) is 11.4. The van der Waals surface area contributed by atoms with Crippen LogP contribution in [0, 0.1) is 11.8 Å². The van der Waals surface area contributed by atoms with Gasteiger partial charge in [-0.15, -0.1) is 0 Å². The first-order chi connectivity index (χ1) is 15.7. The van der Waals surface area contributed by atoms with Crippen LogP contribution in [0.15, 0.2) is 66.9 Å². The van der Waals surface area contributed by atoms with Crippen molar-refractivity contribution in [1.82, 2.24) is 9.88 Å². The Morgan fingerprint density at radius 3 is 2.62 bits per heavy atom. The van der Waals surface area contributed by atoms with E-state index >= 15 is 0 Å². The van der Waals surface area contributed by atoms with Crippen LogP contribution in [0.5, 0.6) is 0 Å². The summed E-state index contributed by atoms with van der Waals surface area (Å²) in [4.78, 5) is 14.3. The minimum absolute atomic E-state index is 0.0729. The fraction of sp³-hybridized carbons (Fsp3) is 0.423. The van der Waals surface area contributed by atoms with E-state index < -0.39 is 8.69 Å². The van der Waals surface area contributed by atoms with Crippen molar-refractivity contribution in [2.75, 3.05) is 13.1 Å². The molecule has 3 aliphatic rings. The Morgan fingerprint density at radius 2 is 1.91 bits per heavy atom. The predicted octanol–water partition coefficient (Wildman–Crippen LogP) is 5.80. The van der Waals surface area contributed by atoms with Crippen LogP contribution in [0.25, 0.3) is 10.9 Å². The Morgan fingerprint density at radius 1 is 1.16 bits per heavy atom. The Labute approximate surface area is 191 Å². The Hall–Kier alpha value is -2.17. The van der Waals surface area contributed by atoms with Crippen LogP contribution in [0.4, 0.5) is 0 Å². The first kappa shape index (κ1) is 23.0. The van der Waals surface area contributed by atoms with E-state index in [1.54, 1.807) is 0 Å². The van der Waals surface area contributed by atoms with Gasteiger partial charge in [0, 0.05) is 24.2 Å². The maximum atomic E-state index is 8.46. The Kier molecular flexibility index (Phi) is 7.99. The molecule has 5 atom stereocenters.